The third-order valence-corrected chi connectivity index (χ3v) is 4.04. The number of carbonyl (C=O) groups excluding carboxylic acids is 1. The predicted octanol–water partition coefficient (Wildman–Crippen LogP) is 4.84. The zero-order valence-corrected chi connectivity index (χ0v) is 15.8. The van der Waals surface area contributed by atoms with Crippen LogP contribution in [0.15, 0.2) is 23.4 Å². The lowest BCUT2D eigenvalue weighted by atomic mass is 9.91. The molecule has 0 aliphatic rings. The standard InChI is InChI=1S/C18H25F4N3O/c1-7-8-13(12(5)11(4)9-10(2)3)23-17(26)14-15(18(20,21)22)24-25(6)16(14)19/h7-8,10-11H,9H2,1-6H3,(H,23,26)/b8-7-,13-12-. The molecule has 0 aromatic carbocycles. The molecule has 1 amide bonds. The van der Waals surface area contributed by atoms with Gasteiger partial charge in [-0.15, -0.1) is 0 Å². The minimum Gasteiger partial charge on any atom is -0.322 e. The van der Waals surface area contributed by atoms with Gasteiger partial charge < -0.3 is 5.32 Å². The number of hydrogen-bond acceptors (Lipinski definition) is 2. The Labute approximate surface area is 151 Å². The summed E-state index contributed by atoms with van der Waals surface area (Å²) in [5.41, 5.74) is -1.47. The maximum atomic E-state index is 14.1. The molecule has 1 aromatic heterocycles. The third kappa shape index (κ3) is 5.19. The van der Waals surface area contributed by atoms with Crippen LogP contribution >= 0.6 is 0 Å². The van der Waals surface area contributed by atoms with Crippen LogP contribution in [-0.4, -0.2) is 15.7 Å². The van der Waals surface area contributed by atoms with Crippen LogP contribution in [0.25, 0.3) is 0 Å². The summed E-state index contributed by atoms with van der Waals surface area (Å²) >= 11 is 0. The van der Waals surface area contributed by atoms with Gasteiger partial charge in [-0.05, 0) is 43.8 Å². The fourth-order valence-corrected chi connectivity index (χ4v) is 2.68. The van der Waals surface area contributed by atoms with Gasteiger partial charge in [0.25, 0.3) is 5.91 Å². The molecule has 8 heteroatoms. The Morgan fingerprint density at radius 2 is 1.88 bits per heavy atom. The van der Waals surface area contributed by atoms with E-state index in [-0.39, 0.29) is 5.92 Å². The van der Waals surface area contributed by atoms with Gasteiger partial charge in [-0.25, -0.2) is 4.68 Å². The van der Waals surface area contributed by atoms with Crippen LogP contribution < -0.4 is 5.32 Å². The monoisotopic (exact) mass is 375 g/mol. The van der Waals surface area contributed by atoms with E-state index in [4.69, 9.17) is 0 Å². The van der Waals surface area contributed by atoms with Gasteiger partial charge in [0.15, 0.2) is 5.69 Å². The van der Waals surface area contributed by atoms with Crippen molar-refractivity contribution in [3.8, 4) is 0 Å². The largest absolute Gasteiger partial charge is 0.436 e. The van der Waals surface area contributed by atoms with E-state index < -0.39 is 29.3 Å². The summed E-state index contributed by atoms with van der Waals surface area (Å²) in [5.74, 6) is -1.99. The van der Waals surface area contributed by atoms with E-state index in [2.05, 4.69) is 24.3 Å². The van der Waals surface area contributed by atoms with E-state index in [0.29, 0.717) is 16.3 Å². The zero-order valence-electron chi connectivity index (χ0n) is 15.8. The van der Waals surface area contributed by atoms with Gasteiger partial charge in [-0.2, -0.15) is 22.7 Å². The lowest BCUT2D eigenvalue weighted by molar-refractivity contribution is -0.141. The molecule has 26 heavy (non-hydrogen) atoms. The highest BCUT2D eigenvalue weighted by Gasteiger charge is 2.41. The maximum absolute atomic E-state index is 14.1. The number of aromatic nitrogens is 2. The van der Waals surface area contributed by atoms with E-state index in [1.54, 1.807) is 26.0 Å². The number of allylic oxidation sites excluding steroid dienone is 3. The highest BCUT2D eigenvalue weighted by atomic mass is 19.4. The van der Waals surface area contributed by atoms with Crippen molar-refractivity contribution in [3.05, 3.63) is 40.6 Å². The van der Waals surface area contributed by atoms with Crippen molar-refractivity contribution in [1.82, 2.24) is 15.1 Å². The summed E-state index contributed by atoms with van der Waals surface area (Å²) in [4.78, 5) is 12.4. The molecule has 146 valence electrons. The molecule has 1 unspecified atom stereocenters. The number of amides is 1. The molecule has 1 heterocycles. The van der Waals surface area contributed by atoms with E-state index in [1.807, 2.05) is 6.92 Å². The number of halogens is 4. The molecule has 0 bridgehead atoms. The summed E-state index contributed by atoms with van der Waals surface area (Å²) in [6.45, 7) is 9.60. The van der Waals surface area contributed by atoms with Crippen LogP contribution in [0.2, 0.25) is 0 Å². The van der Waals surface area contributed by atoms with E-state index in [9.17, 15) is 22.4 Å². The summed E-state index contributed by atoms with van der Waals surface area (Å²) in [7, 11) is 1.01. The Hall–Kier alpha value is -2.12. The number of nitrogens with one attached hydrogen (secondary N) is 1. The van der Waals surface area contributed by atoms with Gasteiger partial charge >= 0.3 is 6.18 Å². The van der Waals surface area contributed by atoms with Crippen LogP contribution in [0.1, 0.15) is 57.1 Å². The summed E-state index contributed by atoms with van der Waals surface area (Å²) in [6.07, 6.45) is -0.839. The molecule has 0 aliphatic carbocycles. The Morgan fingerprint density at radius 3 is 2.35 bits per heavy atom. The van der Waals surface area contributed by atoms with Crippen molar-refractivity contribution in [2.24, 2.45) is 18.9 Å². The number of carbonyl (C=O) groups is 1. The average Bonchev–Trinajstić information content (AvgIpc) is 2.81. The van der Waals surface area contributed by atoms with Crippen LogP contribution in [0.4, 0.5) is 17.6 Å². The van der Waals surface area contributed by atoms with Crippen LogP contribution in [0.3, 0.4) is 0 Å². The van der Waals surface area contributed by atoms with Gasteiger partial charge in [-0.1, -0.05) is 26.8 Å². The van der Waals surface area contributed by atoms with Crippen LogP contribution in [-0.2, 0) is 13.2 Å². The first-order valence-corrected chi connectivity index (χ1v) is 8.34. The molecular weight excluding hydrogens is 350 g/mol. The van der Waals surface area contributed by atoms with Crippen molar-refractivity contribution >= 4 is 5.91 Å². The zero-order chi connectivity index (χ0) is 20.2. The first-order valence-electron chi connectivity index (χ1n) is 8.34. The third-order valence-electron chi connectivity index (χ3n) is 4.04. The molecule has 0 aliphatic heterocycles. The number of nitrogens with zero attached hydrogens (tertiary/aromatic N) is 2. The molecule has 0 spiro atoms. The topological polar surface area (TPSA) is 46.9 Å². The molecule has 0 saturated carbocycles. The maximum Gasteiger partial charge on any atom is 0.436 e. The Morgan fingerprint density at radius 1 is 1.31 bits per heavy atom. The first-order chi connectivity index (χ1) is 11.9. The second kappa shape index (κ2) is 8.51. The Bertz CT molecular complexity index is 715. The molecule has 1 atom stereocenters. The second-order valence-corrected chi connectivity index (χ2v) is 6.72. The van der Waals surface area contributed by atoms with Crippen molar-refractivity contribution in [1.29, 1.82) is 0 Å². The molecule has 0 saturated heterocycles. The predicted molar refractivity (Wildman–Crippen MR) is 91.8 cm³/mol. The fourth-order valence-electron chi connectivity index (χ4n) is 2.68. The fraction of sp³-hybridized carbons (Fsp3) is 0.556. The van der Waals surface area contributed by atoms with Gasteiger partial charge in [0, 0.05) is 12.7 Å². The first kappa shape index (κ1) is 21.9. The highest BCUT2D eigenvalue weighted by molar-refractivity contribution is 5.97. The van der Waals surface area contributed by atoms with Gasteiger partial charge in [0.2, 0.25) is 5.95 Å². The normalized spacial score (nSPS) is 14.7. The number of aryl methyl sites for hydroxylation is 1. The smallest absolute Gasteiger partial charge is 0.322 e. The van der Waals surface area contributed by atoms with E-state index >= 15 is 0 Å². The average molecular weight is 375 g/mol. The Balaban J connectivity index is 3.29. The van der Waals surface area contributed by atoms with E-state index in [1.165, 1.54) is 0 Å². The SMILES string of the molecule is C/C=C\C(NC(=O)c1c(C(F)(F)F)nn(C)c1F)=C(/C)C(C)CC(C)C. The molecule has 0 fully saturated rings. The number of alkyl halides is 3. The molecule has 1 aromatic rings. The number of rotatable bonds is 6. The summed E-state index contributed by atoms with van der Waals surface area (Å²) in [6, 6.07) is 0. The summed E-state index contributed by atoms with van der Waals surface area (Å²) in [5, 5.41) is 5.51. The van der Waals surface area contributed by atoms with Crippen molar-refractivity contribution in [2.75, 3.05) is 0 Å². The second-order valence-electron chi connectivity index (χ2n) is 6.72. The van der Waals surface area contributed by atoms with Gasteiger partial charge in [-0.3, -0.25) is 4.79 Å². The highest BCUT2D eigenvalue weighted by Crippen LogP contribution is 2.32. The van der Waals surface area contributed by atoms with Gasteiger partial charge in [0.05, 0.1) is 0 Å². The molecule has 0 radical (unpaired) electrons. The van der Waals surface area contributed by atoms with Crippen molar-refractivity contribution in [3.63, 3.8) is 0 Å². The minimum atomic E-state index is -4.93. The lowest BCUT2D eigenvalue weighted by Crippen LogP contribution is -2.27. The molecule has 1 N–H and O–H groups in total. The van der Waals surface area contributed by atoms with Crippen molar-refractivity contribution < 1.29 is 22.4 Å². The molecular formula is C18H25F4N3O. The molecule has 1 rings (SSSR count). The minimum absolute atomic E-state index is 0.0994. The van der Waals surface area contributed by atoms with Crippen molar-refractivity contribution in [2.45, 2.75) is 47.2 Å². The van der Waals surface area contributed by atoms with Gasteiger partial charge in [0.1, 0.15) is 5.56 Å². The molecule has 4 nitrogen and oxygen atoms in total. The Kier molecular flexibility index (Phi) is 7.17. The van der Waals surface area contributed by atoms with Crippen LogP contribution in [0, 0.1) is 17.8 Å². The number of hydrogen-bond donors (Lipinski definition) is 1. The summed E-state index contributed by atoms with van der Waals surface area (Å²) < 4.78 is 53.7. The quantitative estimate of drug-likeness (QED) is 0.571. The van der Waals surface area contributed by atoms with Crippen LogP contribution in [0.5, 0.6) is 0 Å². The lowest BCUT2D eigenvalue weighted by Gasteiger charge is -2.19. The van der Waals surface area contributed by atoms with E-state index in [0.717, 1.165) is 19.0 Å².